The summed E-state index contributed by atoms with van der Waals surface area (Å²) in [5.74, 6) is -3.41. The zero-order chi connectivity index (χ0) is 56.7. The minimum atomic E-state index is -1.08. The van der Waals surface area contributed by atoms with E-state index in [0.29, 0.717) is 87.4 Å². The van der Waals surface area contributed by atoms with E-state index in [-0.39, 0.29) is 58.1 Å². The average Bonchev–Trinajstić information content (AvgIpc) is 4.48. The number of hydrogen-bond acceptors (Lipinski definition) is 12. The summed E-state index contributed by atoms with van der Waals surface area (Å²) >= 11 is 0. The van der Waals surface area contributed by atoms with E-state index in [1.165, 1.54) is 64.8 Å². The van der Waals surface area contributed by atoms with Gasteiger partial charge in [-0.15, -0.1) is 0 Å². The molecule has 6 heterocycles. The number of H-pyrrole nitrogens is 2. The van der Waals surface area contributed by atoms with Crippen LogP contribution in [0.3, 0.4) is 0 Å². The Labute approximate surface area is 458 Å². The number of likely N-dealkylation sites (tertiary alicyclic amines) is 2. The van der Waals surface area contributed by atoms with Crippen molar-refractivity contribution in [1.29, 1.82) is 0 Å². The molecule has 4 saturated heterocycles. The number of anilines is 2. The Balaban J connectivity index is 0.993. The number of fused-ring (bicyclic) bond motifs is 2. The second-order valence-electron chi connectivity index (χ2n) is 21.1. The molecule has 80 heavy (non-hydrogen) atoms. The predicted molar refractivity (Wildman–Crippen MR) is 285 cm³/mol. The van der Waals surface area contributed by atoms with Crippen LogP contribution in [-0.2, 0) is 28.5 Å². The molecule has 2 aromatic heterocycles. The van der Waals surface area contributed by atoms with Crippen molar-refractivity contribution < 1.29 is 60.1 Å². The molecule has 23 heteroatoms. The number of rotatable bonds is 15. The summed E-state index contributed by atoms with van der Waals surface area (Å²) in [5.41, 5.74) is 2.44. The molecule has 2 unspecified atom stereocenters. The van der Waals surface area contributed by atoms with Crippen LogP contribution in [0, 0.1) is 29.1 Å². The first-order chi connectivity index (χ1) is 38.5. The Hall–Kier alpha value is -7.53. The number of imidazole rings is 2. The van der Waals surface area contributed by atoms with Crippen LogP contribution in [0.2, 0.25) is 0 Å². The summed E-state index contributed by atoms with van der Waals surface area (Å²) in [5, 5.41) is 5.14. The Morgan fingerprint density at radius 3 is 1.45 bits per heavy atom. The third-order valence-corrected chi connectivity index (χ3v) is 16.6. The lowest BCUT2D eigenvalue weighted by molar-refractivity contribution is -0.138. The molecule has 6 aromatic rings. The van der Waals surface area contributed by atoms with Crippen molar-refractivity contribution in [1.82, 2.24) is 40.4 Å². The van der Waals surface area contributed by atoms with E-state index in [2.05, 4.69) is 20.6 Å². The number of carbonyl (C=O) groups excluding carboxylic acids is 4. The quantitative estimate of drug-likeness (QED) is 0.0712. The monoisotopic (exact) mass is 1110 g/mol. The van der Waals surface area contributed by atoms with Gasteiger partial charge in [0, 0.05) is 69.3 Å². The van der Waals surface area contributed by atoms with Gasteiger partial charge in [-0.05, 0) is 113 Å². The van der Waals surface area contributed by atoms with Crippen LogP contribution < -0.4 is 20.4 Å². The molecule has 0 spiro atoms. The van der Waals surface area contributed by atoms with Gasteiger partial charge in [-0.3, -0.25) is 9.59 Å². The first-order valence-corrected chi connectivity index (χ1v) is 27.0. The van der Waals surface area contributed by atoms with Crippen LogP contribution in [-0.4, -0.2) is 133 Å². The highest BCUT2D eigenvalue weighted by Crippen LogP contribution is 2.50. The fraction of sp³-hybridized carbons (Fsp3) is 0.474. The van der Waals surface area contributed by atoms with Gasteiger partial charge in [-0.1, -0.05) is 12.1 Å². The molecule has 4 aliphatic heterocycles. The minimum absolute atomic E-state index is 0.0491. The van der Waals surface area contributed by atoms with Gasteiger partial charge in [-0.2, -0.15) is 0 Å². The van der Waals surface area contributed by atoms with Crippen LogP contribution in [0.4, 0.5) is 42.9 Å². The van der Waals surface area contributed by atoms with Gasteiger partial charge >= 0.3 is 12.2 Å². The van der Waals surface area contributed by atoms with E-state index in [1.54, 1.807) is 57.7 Å². The van der Waals surface area contributed by atoms with Gasteiger partial charge in [0.25, 0.3) is 0 Å². The van der Waals surface area contributed by atoms with Gasteiger partial charge < -0.3 is 59.1 Å². The number of piperidine rings is 1. The molecule has 4 amide bonds. The summed E-state index contributed by atoms with van der Waals surface area (Å²) in [6.45, 7) is 4.64. The van der Waals surface area contributed by atoms with Crippen molar-refractivity contribution in [3.63, 3.8) is 0 Å². The summed E-state index contributed by atoms with van der Waals surface area (Å²) in [6.07, 6.45) is 0.794. The molecular weight excluding hydrogens is 1050 g/mol. The highest BCUT2D eigenvalue weighted by atomic mass is 19.1. The lowest BCUT2D eigenvalue weighted by Gasteiger charge is -2.36. The Morgan fingerprint density at radius 1 is 0.575 bits per heavy atom. The molecule has 4 N–H and O–H groups in total. The number of benzene rings is 4. The molecule has 18 nitrogen and oxygen atoms in total. The SMILES string of the molecule is COC(=O)N[C@H](C(=O)N1CCC[C@H]1c1nc2cc(F)c(C3CCC(c4cc5[nH]c([C@@H]6CCCN6C(=O)[C@@H](NC(=O)OC)[C@@H](C)OC)nc5cc4F)N3c3cc(F)c(N4CCC(c5ccc(F)cc5)CC4)c(F)c3)cc2[nH]1)[C@@H](C)OC. The number of nitrogens with zero attached hydrogens (tertiary/aromatic N) is 6. The number of amides is 4. The van der Waals surface area contributed by atoms with Gasteiger partial charge in [0.15, 0.2) is 11.6 Å². The second-order valence-corrected chi connectivity index (χ2v) is 21.1. The third kappa shape index (κ3) is 10.8. The second kappa shape index (κ2) is 23.3. The zero-order valence-corrected chi connectivity index (χ0v) is 45.3. The summed E-state index contributed by atoms with van der Waals surface area (Å²) < 4.78 is 102. The summed E-state index contributed by atoms with van der Waals surface area (Å²) in [6, 6.07) is 9.30. The maximum absolute atomic E-state index is 17.0. The number of ether oxygens (including phenoxy) is 4. The van der Waals surface area contributed by atoms with E-state index in [4.69, 9.17) is 28.9 Å². The first kappa shape index (κ1) is 55.8. The molecule has 0 saturated carbocycles. The highest BCUT2D eigenvalue weighted by molar-refractivity contribution is 5.88. The van der Waals surface area contributed by atoms with E-state index in [9.17, 15) is 23.6 Å². The van der Waals surface area contributed by atoms with E-state index in [1.807, 2.05) is 0 Å². The standard InChI is InChI=1S/C57H65F5N10O8/c1-29(77-3)49(67-56(75)79-5)54(73)70-19-7-9-47(70)52-63-41-25-35(37(59)27-43(41)65-52)45-15-16-46(72(45)34-23-39(61)51(40(62)24-34)69-21-17-32(18-22-69)31-11-13-33(58)14-12-31)36-26-42-44(28-38(36)60)66-53(64-42)48-10-8-20-71(48)55(74)50(30(2)78-4)68-57(76)80-6/h11-14,23-30,32,45-50H,7-10,15-22H2,1-6H3,(H,63,65)(H,64,66)(H,67,75)(H,68,76)/t29-,30-,45?,46?,47+,48+,49+,50+/m1/s1. The number of carbonyl (C=O) groups is 4. The number of alkyl carbamates (subject to hydrolysis) is 2. The number of hydrogen-bond donors (Lipinski definition) is 4. The Kier molecular flexibility index (Phi) is 16.2. The van der Waals surface area contributed by atoms with Crippen molar-refractivity contribution in [2.45, 2.75) is 120 Å². The highest BCUT2D eigenvalue weighted by Gasteiger charge is 2.43. The molecule has 4 aliphatic rings. The smallest absolute Gasteiger partial charge is 0.407 e. The number of halogens is 5. The van der Waals surface area contributed by atoms with Gasteiger partial charge in [0.05, 0.1) is 72.7 Å². The minimum Gasteiger partial charge on any atom is -0.453 e. The van der Waals surface area contributed by atoms with Crippen molar-refractivity contribution >= 4 is 57.4 Å². The molecule has 4 fully saturated rings. The van der Waals surface area contributed by atoms with Crippen molar-refractivity contribution in [3.8, 4) is 0 Å². The fourth-order valence-corrected chi connectivity index (χ4v) is 12.3. The van der Waals surface area contributed by atoms with E-state index in [0.717, 1.165) is 5.56 Å². The lowest BCUT2D eigenvalue weighted by Crippen LogP contribution is -2.54. The first-order valence-electron chi connectivity index (χ1n) is 27.0. The van der Waals surface area contributed by atoms with Gasteiger partial charge in [0.1, 0.15) is 46.9 Å². The third-order valence-electron chi connectivity index (χ3n) is 16.6. The van der Waals surface area contributed by atoms with E-state index >= 15 is 17.6 Å². The maximum Gasteiger partial charge on any atom is 0.407 e. The number of aromatic amines is 2. The lowest BCUT2D eigenvalue weighted by atomic mass is 9.89. The van der Waals surface area contributed by atoms with Gasteiger partial charge in [-0.25, -0.2) is 41.5 Å². The number of aromatic nitrogens is 4. The van der Waals surface area contributed by atoms with Crippen LogP contribution >= 0.6 is 0 Å². The fourth-order valence-electron chi connectivity index (χ4n) is 12.3. The summed E-state index contributed by atoms with van der Waals surface area (Å²) in [7, 11) is 5.23. The van der Waals surface area contributed by atoms with Crippen molar-refractivity contribution in [2.24, 2.45) is 0 Å². The number of methoxy groups -OCH3 is 4. The van der Waals surface area contributed by atoms with Crippen LogP contribution in [0.1, 0.15) is 124 Å². The van der Waals surface area contributed by atoms with Crippen LogP contribution in [0.25, 0.3) is 22.1 Å². The molecule has 0 aliphatic carbocycles. The summed E-state index contributed by atoms with van der Waals surface area (Å²) in [4.78, 5) is 75.3. The topological polar surface area (TPSA) is 200 Å². The Morgan fingerprint density at radius 2 is 1.02 bits per heavy atom. The Bertz CT molecular complexity index is 3100. The molecular formula is C57H65F5N10O8. The van der Waals surface area contributed by atoms with Crippen molar-refractivity contribution in [2.75, 3.05) is 64.4 Å². The molecule has 8 atom stereocenters. The zero-order valence-electron chi connectivity index (χ0n) is 45.3. The molecule has 10 rings (SSSR count). The van der Waals surface area contributed by atoms with Crippen LogP contribution in [0.5, 0.6) is 0 Å². The van der Waals surface area contributed by atoms with E-state index < -0.39 is 95.7 Å². The number of nitrogens with one attached hydrogen (secondary N) is 4. The average molecular weight is 1110 g/mol. The van der Waals surface area contributed by atoms with Crippen molar-refractivity contribution in [3.05, 3.63) is 118 Å². The maximum atomic E-state index is 17.0. The molecule has 426 valence electrons. The molecule has 4 aromatic carbocycles. The molecule has 0 bridgehead atoms. The molecule has 0 radical (unpaired) electrons. The largest absolute Gasteiger partial charge is 0.453 e. The van der Waals surface area contributed by atoms with Gasteiger partial charge in [0.2, 0.25) is 11.8 Å². The normalized spacial score (nSPS) is 21.3. The predicted octanol–water partition coefficient (Wildman–Crippen LogP) is 9.45. The van der Waals surface area contributed by atoms with Crippen LogP contribution in [0.15, 0.2) is 60.7 Å².